The molecule has 0 saturated carbocycles. The van der Waals surface area contributed by atoms with Crippen LogP contribution in [-0.4, -0.2) is 32.4 Å². The second-order valence-corrected chi connectivity index (χ2v) is 5.23. The van der Waals surface area contributed by atoms with Gasteiger partial charge < -0.3 is 14.2 Å². The zero-order valence-electron chi connectivity index (χ0n) is 12.4. The summed E-state index contributed by atoms with van der Waals surface area (Å²) < 4.78 is 15.8. The van der Waals surface area contributed by atoms with Gasteiger partial charge in [-0.05, 0) is 24.1 Å². The molecule has 0 radical (unpaired) electrons. The zero-order valence-corrected chi connectivity index (χ0v) is 12.4. The smallest absolute Gasteiger partial charge is 0.220 e. The molecule has 0 unspecified atom stereocenters. The molecular weight excluding hydrogens is 284 g/mol. The van der Waals surface area contributed by atoms with Gasteiger partial charge in [0, 0.05) is 23.6 Å². The summed E-state index contributed by atoms with van der Waals surface area (Å²) in [6.07, 6.45) is 3.27. The standard InChI is InChI=1S/C17H16O5/c1-20-12-4-3-10-5-11(9-22-16(10)6-12)13-7-15(19)17(21-2)8-14(13)18/h3-4,6-8,11H,5,9H2,1-2H3/t11-/m0/s1. The SMILES string of the molecule is COC1=CC(=O)C([C@@H]2COc3cc(OC)ccc3C2)=CC1=O. The first kappa shape index (κ1) is 14.4. The van der Waals surface area contributed by atoms with E-state index >= 15 is 0 Å². The Balaban J connectivity index is 1.83. The van der Waals surface area contributed by atoms with Crippen LogP contribution >= 0.6 is 0 Å². The fourth-order valence-electron chi connectivity index (χ4n) is 2.71. The normalized spacial score (nSPS) is 20.5. The Hall–Kier alpha value is -2.56. The van der Waals surface area contributed by atoms with Crippen LogP contribution in [-0.2, 0) is 20.7 Å². The average molecular weight is 300 g/mol. The van der Waals surface area contributed by atoms with Gasteiger partial charge in [0.2, 0.25) is 5.78 Å². The van der Waals surface area contributed by atoms with Gasteiger partial charge in [0.25, 0.3) is 0 Å². The number of allylic oxidation sites excluding steroid dienone is 2. The molecule has 0 bridgehead atoms. The molecule has 1 aromatic carbocycles. The van der Waals surface area contributed by atoms with E-state index in [1.54, 1.807) is 7.11 Å². The first-order valence-corrected chi connectivity index (χ1v) is 6.98. The Morgan fingerprint density at radius 3 is 2.64 bits per heavy atom. The lowest BCUT2D eigenvalue weighted by Crippen LogP contribution is -2.28. The summed E-state index contributed by atoms with van der Waals surface area (Å²) in [5.41, 5.74) is 1.48. The Labute approximate surface area is 128 Å². The summed E-state index contributed by atoms with van der Waals surface area (Å²) in [5.74, 6) is 0.967. The van der Waals surface area contributed by atoms with Crippen molar-refractivity contribution in [3.63, 3.8) is 0 Å². The van der Waals surface area contributed by atoms with E-state index < -0.39 is 0 Å². The van der Waals surface area contributed by atoms with Gasteiger partial charge in [-0.15, -0.1) is 0 Å². The lowest BCUT2D eigenvalue weighted by Gasteiger charge is -2.27. The van der Waals surface area contributed by atoms with Crippen molar-refractivity contribution in [3.05, 3.63) is 47.2 Å². The average Bonchev–Trinajstić information content (AvgIpc) is 2.55. The van der Waals surface area contributed by atoms with Crippen LogP contribution in [0.15, 0.2) is 41.7 Å². The van der Waals surface area contributed by atoms with Crippen LogP contribution in [0.1, 0.15) is 5.56 Å². The van der Waals surface area contributed by atoms with E-state index in [1.807, 2.05) is 18.2 Å². The fourth-order valence-corrected chi connectivity index (χ4v) is 2.71. The molecule has 1 aliphatic carbocycles. The molecule has 0 fully saturated rings. The van der Waals surface area contributed by atoms with Crippen molar-refractivity contribution in [1.29, 1.82) is 0 Å². The molecule has 1 aliphatic heterocycles. The first-order valence-electron chi connectivity index (χ1n) is 6.98. The second-order valence-electron chi connectivity index (χ2n) is 5.23. The van der Waals surface area contributed by atoms with E-state index in [2.05, 4.69) is 0 Å². The summed E-state index contributed by atoms with van der Waals surface area (Å²) >= 11 is 0. The van der Waals surface area contributed by atoms with Crippen LogP contribution in [0.4, 0.5) is 0 Å². The van der Waals surface area contributed by atoms with Gasteiger partial charge in [0.05, 0.1) is 20.8 Å². The van der Waals surface area contributed by atoms with Crippen LogP contribution in [0, 0.1) is 5.92 Å². The maximum atomic E-state index is 12.2. The van der Waals surface area contributed by atoms with E-state index in [-0.39, 0.29) is 23.2 Å². The monoisotopic (exact) mass is 300 g/mol. The Morgan fingerprint density at radius 2 is 1.91 bits per heavy atom. The number of fused-ring (bicyclic) bond motifs is 1. The molecule has 2 aliphatic rings. The van der Waals surface area contributed by atoms with Gasteiger partial charge in [-0.1, -0.05) is 6.07 Å². The number of rotatable bonds is 3. The number of hydrogen-bond acceptors (Lipinski definition) is 5. The van der Waals surface area contributed by atoms with Crippen LogP contribution in [0.5, 0.6) is 11.5 Å². The van der Waals surface area contributed by atoms with Crippen LogP contribution < -0.4 is 9.47 Å². The molecular formula is C17H16O5. The summed E-state index contributed by atoms with van der Waals surface area (Å²) in [7, 11) is 2.98. The number of ether oxygens (including phenoxy) is 3. The summed E-state index contributed by atoms with van der Waals surface area (Å²) in [6.45, 7) is 0.362. The van der Waals surface area contributed by atoms with Crippen LogP contribution in [0.25, 0.3) is 0 Å². The minimum Gasteiger partial charge on any atom is -0.497 e. The minimum absolute atomic E-state index is 0.0793. The molecule has 3 rings (SSSR count). The molecule has 0 spiro atoms. The topological polar surface area (TPSA) is 61.8 Å². The zero-order chi connectivity index (χ0) is 15.7. The summed E-state index contributed by atoms with van der Waals surface area (Å²) in [4.78, 5) is 24.0. The number of carbonyl (C=O) groups is 2. The Morgan fingerprint density at radius 1 is 1.09 bits per heavy atom. The third kappa shape index (κ3) is 2.50. The van der Waals surface area contributed by atoms with Crippen LogP contribution in [0.3, 0.4) is 0 Å². The number of carbonyl (C=O) groups excluding carboxylic acids is 2. The largest absolute Gasteiger partial charge is 0.497 e. The summed E-state index contributed by atoms with van der Waals surface area (Å²) in [5, 5.41) is 0. The van der Waals surface area contributed by atoms with Crippen molar-refractivity contribution >= 4 is 11.6 Å². The molecule has 5 nitrogen and oxygen atoms in total. The highest BCUT2D eigenvalue weighted by Gasteiger charge is 2.30. The summed E-state index contributed by atoms with van der Waals surface area (Å²) in [6, 6.07) is 5.61. The van der Waals surface area contributed by atoms with Crippen LogP contribution in [0.2, 0.25) is 0 Å². The fraction of sp³-hybridized carbons (Fsp3) is 0.294. The van der Waals surface area contributed by atoms with Gasteiger partial charge >= 0.3 is 0 Å². The number of ketones is 2. The highest BCUT2D eigenvalue weighted by atomic mass is 16.5. The predicted molar refractivity (Wildman–Crippen MR) is 78.9 cm³/mol. The van der Waals surface area contributed by atoms with E-state index in [9.17, 15) is 9.59 Å². The van der Waals surface area contributed by atoms with Crippen molar-refractivity contribution in [1.82, 2.24) is 0 Å². The third-order valence-electron chi connectivity index (χ3n) is 3.92. The van der Waals surface area contributed by atoms with Gasteiger partial charge in [-0.3, -0.25) is 9.59 Å². The highest BCUT2D eigenvalue weighted by molar-refractivity contribution is 6.19. The molecule has 0 amide bonds. The van der Waals surface area contributed by atoms with Crippen molar-refractivity contribution in [3.8, 4) is 11.5 Å². The maximum absolute atomic E-state index is 12.2. The molecule has 1 aromatic rings. The van der Waals surface area contributed by atoms with Crippen molar-refractivity contribution in [2.75, 3.05) is 20.8 Å². The van der Waals surface area contributed by atoms with Crippen molar-refractivity contribution < 1.29 is 23.8 Å². The second kappa shape index (κ2) is 5.67. The van der Waals surface area contributed by atoms with E-state index in [0.29, 0.717) is 18.6 Å². The molecule has 1 atom stereocenters. The van der Waals surface area contributed by atoms with Gasteiger partial charge in [-0.25, -0.2) is 0 Å². The Bertz CT molecular complexity index is 699. The van der Waals surface area contributed by atoms with Gasteiger partial charge in [0.1, 0.15) is 11.5 Å². The number of hydrogen-bond donors (Lipinski definition) is 0. The molecule has 0 saturated heterocycles. The first-order chi connectivity index (χ1) is 10.6. The molecule has 5 heteroatoms. The quantitative estimate of drug-likeness (QED) is 0.797. The van der Waals surface area contributed by atoms with Gasteiger partial charge in [0.15, 0.2) is 11.5 Å². The molecule has 0 N–H and O–H groups in total. The number of methoxy groups -OCH3 is 2. The number of benzene rings is 1. The van der Waals surface area contributed by atoms with E-state index in [1.165, 1.54) is 19.3 Å². The van der Waals surface area contributed by atoms with E-state index in [4.69, 9.17) is 14.2 Å². The van der Waals surface area contributed by atoms with E-state index in [0.717, 1.165) is 17.1 Å². The third-order valence-corrected chi connectivity index (χ3v) is 3.92. The maximum Gasteiger partial charge on any atom is 0.220 e. The molecule has 0 aromatic heterocycles. The highest BCUT2D eigenvalue weighted by Crippen LogP contribution is 2.34. The minimum atomic E-state index is -0.280. The van der Waals surface area contributed by atoms with Gasteiger partial charge in [-0.2, -0.15) is 0 Å². The van der Waals surface area contributed by atoms with Crippen molar-refractivity contribution in [2.24, 2.45) is 5.92 Å². The lowest BCUT2D eigenvalue weighted by atomic mass is 9.85. The molecule has 22 heavy (non-hydrogen) atoms. The molecule has 114 valence electrons. The predicted octanol–water partition coefficient (Wildman–Crippen LogP) is 1.85. The molecule has 1 heterocycles. The lowest BCUT2D eigenvalue weighted by molar-refractivity contribution is -0.117. The van der Waals surface area contributed by atoms with Crippen molar-refractivity contribution in [2.45, 2.75) is 6.42 Å². The Kier molecular flexibility index (Phi) is 3.71.